The molecule has 2 rings (SSSR count). The molecule has 5 nitrogen and oxygen atoms in total. The lowest BCUT2D eigenvalue weighted by molar-refractivity contribution is -0.128. The number of benzene rings is 1. The quantitative estimate of drug-likeness (QED) is 0.888. The molecule has 0 unspecified atom stereocenters. The minimum absolute atomic E-state index is 0.151. The molecule has 0 saturated carbocycles. The number of nitrogens with one attached hydrogen (secondary N) is 2. The highest BCUT2D eigenvalue weighted by Crippen LogP contribution is 2.16. The zero-order chi connectivity index (χ0) is 15.9. The van der Waals surface area contributed by atoms with Crippen molar-refractivity contribution < 1.29 is 9.59 Å². The first-order valence-corrected chi connectivity index (χ1v) is 7.10. The Bertz CT molecular complexity index is 629. The van der Waals surface area contributed by atoms with E-state index in [0.29, 0.717) is 5.56 Å². The molecular weight excluding hydrogens is 278 g/mol. The zero-order valence-electron chi connectivity index (χ0n) is 12.6. The van der Waals surface area contributed by atoms with E-state index in [1.165, 1.54) is 6.92 Å². The van der Waals surface area contributed by atoms with Crippen molar-refractivity contribution in [3.05, 3.63) is 66.0 Å². The molecule has 5 heteroatoms. The van der Waals surface area contributed by atoms with Crippen molar-refractivity contribution in [3.63, 3.8) is 0 Å². The molecule has 1 aromatic heterocycles. The maximum Gasteiger partial charge on any atom is 0.247 e. The van der Waals surface area contributed by atoms with E-state index in [2.05, 4.69) is 15.6 Å². The third-order valence-electron chi connectivity index (χ3n) is 3.29. The molecule has 0 aliphatic heterocycles. The Kier molecular flexibility index (Phi) is 5.25. The van der Waals surface area contributed by atoms with E-state index in [1.807, 2.05) is 37.3 Å². The fourth-order valence-corrected chi connectivity index (χ4v) is 2.17. The monoisotopic (exact) mass is 297 g/mol. The molecule has 2 N–H and O–H groups in total. The summed E-state index contributed by atoms with van der Waals surface area (Å²) in [6.45, 7) is 3.29. The van der Waals surface area contributed by atoms with E-state index in [-0.39, 0.29) is 17.9 Å². The molecule has 0 aliphatic rings. The largest absolute Gasteiger partial charge is 0.347 e. The second kappa shape index (κ2) is 7.36. The lowest BCUT2D eigenvalue weighted by atomic mass is 10.1. The summed E-state index contributed by atoms with van der Waals surface area (Å²) < 4.78 is 0. The third-order valence-corrected chi connectivity index (χ3v) is 3.29. The number of pyridine rings is 1. The molecule has 0 spiro atoms. The summed E-state index contributed by atoms with van der Waals surface area (Å²) in [5, 5.41) is 5.58. The molecule has 114 valence electrons. The lowest BCUT2D eigenvalue weighted by Gasteiger charge is -2.21. The van der Waals surface area contributed by atoms with Crippen LogP contribution in [0.25, 0.3) is 0 Å². The van der Waals surface area contributed by atoms with Crippen molar-refractivity contribution >= 4 is 11.8 Å². The van der Waals surface area contributed by atoms with Gasteiger partial charge in [-0.15, -0.1) is 0 Å². The van der Waals surface area contributed by atoms with Gasteiger partial charge in [-0.1, -0.05) is 36.4 Å². The Morgan fingerprint density at radius 1 is 1.00 bits per heavy atom. The fraction of sp³-hybridized carbons (Fsp3) is 0.235. The number of hydrogen-bond acceptors (Lipinski definition) is 3. The first-order chi connectivity index (χ1) is 10.6. The minimum atomic E-state index is -0.752. The fourth-order valence-electron chi connectivity index (χ4n) is 2.17. The first kappa shape index (κ1) is 15.7. The second-order valence-corrected chi connectivity index (χ2v) is 5.06. The van der Waals surface area contributed by atoms with E-state index in [9.17, 15) is 9.59 Å². The molecule has 0 aliphatic carbocycles. The number of amides is 2. The highest BCUT2D eigenvalue weighted by atomic mass is 16.2. The molecule has 0 fully saturated rings. The lowest BCUT2D eigenvalue weighted by Crippen LogP contribution is -2.40. The van der Waals surface area contributed by atoms with Crippen LogP contribution in [0.15, 0.2) is 54.9 Å². The Hall–Kier alpha value is -2.69. The summed E-state index contributed by atoms with van der Waals surface area (Å²) in [7, 11) is 0. The van der Waals surface area contributed by atoms with E-state index in [1.54, 1.807) is 24.5 Å². The van der Waals surface area contributed by atoms with Gasteiger partial charge in [-0.2, -0.15) is 0 Å². The van der Waals surface area contributed by atoms with Crippen LogP contribution in [0, 0.1) is 0 Å². The number of rotatable bonds is 5. The standard InChI is InChI=1S/C17H19N3O2/c1-12(14-7-4-3-5-8-14)19-17(22)16(20-13(2)21)15-9-6-10-18-11-15/h3-12,16H,1-2H3,(H,19,22)(H,20,21)/t12-,16+/m0/s1. The van der Waals surface area contributed by atoms with Crippen molar-refractivity contribution in [3.8, 4) is 0 Å². The molecule has 1 heterocycles. The Morgan fingerprint density at radius 2 is 1.68 bits per heavy atom. The van der Waals surface area contributed by atoms with Gasteiger partial charge in [-0.25, -0.2) is 0 Å². The normalized spacial score (nSPS) is 13.0. The number of carbonyl (C=O) groups is 2. The maximum absolute atomic E-state index is 12.5. The van der Waals surface area contributed by atoms with Crippen molar-refractivity contribution in [2.45, 2.75) is 25.9 Å². The van der Waals surface area contributed by atoms with Gasteiger partial charge >= 0.3 is 0 Å². The molecule has 1 aromatic carbocycles. The van der Waals surface area contributed by atoms with Crippen LogP contribution in [-0.2, 0) is 9.59 Å². The Balaban J connectivity index is 2.14. The minimum Gasteiger partial charge on any atom is -0.347 e. The average Bonchev–Trinajstić information content (AvgIpc) is 2.54. The Morgan fingerprint density at radius 3 is 2.27 bits per heavy atom. The SMILES string of the molecule is CC(=O)N[C@@H](C(=O)N[C@@H](C)c1ccccc1)c1cccnc1. The summed E-state index contributed by atoms with van der Waals surface area (Å²) in [4.78, 5) is 27.9. The smallest absolute Gasteiger partial charge is 0.247 e. The molecule has 2 amide bonds. The van der Waals surface area contributed by atoms with Crippen molar-refractivity contribution in [1.29, 1.82) is 0 Å². The predicted molar refractivity (Wildman–Crippen MR) is 83.8 cm³/mol. The highest BCUT2D eigenvalue weighted by molar-refractivity contribution is 5.88. The summed E-state index contributed by atoms with van der Waals surface area (Å²) >= 11 is 0. The molecule has 0 radical (unpaired) electrons. The molecule has 2 aromatic rings. The van der Waals surface area contributed by atoms with Gasteiger partial charge in [-0.05, 0) is 18.6 Å². The molecule has 2 atom stereocenters. The number of hydrogen-bond donors (Lipinski definition) is 2. The van der Waals surface area contributed by atoms with Crippen molar-refractivity contribution in [2.75, 3.05) is 0 Å². The van der Waals surface area contributed by atoms with E-state index >= 15 is 0 Å². The van der Waals surface area contributed by atoms with E-state index < -0.39 is 6.04 Å². The average molecular weight is 297 g/mol. The summed E-state index contributed by atoms with van der Waals surface area (Å²) in [6, 6.07) is 12.3. The van der Waals surface area contributed by atoms with Crippen LogP contribution in [0.1, 0.15) is 37.1 Å². The van der Waals surface area contributed by atoms with Crippen LogP contribution >= 0.6 is 0 Å². The van der Waals surface area contributed by atoms with Crippen LogP contribution in [-0.4, -0.2) is 16.8 Å². The Labute approximate surface area is 129 Å². The van der Waals surface area contributed by atoms with Gasteiger partial charge in [0.1, 0.15) is 6.04 Å². The summed E-state index contributed by atoms with van der Waals surface area (Å²) in [5.41, 5.74) is 1.65. The van der Waals surface area contributed by atoms with Crippen LogP contribution in [0.3, 0.4) is 0 Å². The van der Waals surface area contributed by atoms with Gasteiger partial charge < -0.3 is 10.6 Å². The predicted octanol–water partition coefficient (Wildman–Crippen LogP) is 2.14. The summed E-state index contributed by atoms with van der Waals surface area (Å²) in [5.74, 6) is -0.532. The van der Waals surface area contributed by atoms with Gasteiger partial charge in [0, 0.05) is 24.9 Å². The van der Waals surface area contributed by atoms with Crippen molar-refractivity contribution in [2.24, 2.45) is 0 Å². The van der Waals surface area contributed by atoms with Gasteiger partial charge in [0.2, 0.25) is 11.8 Å². The van der Waals surface area contributed by atoms with Gasteiger partial charge in [0.25, 0.3) is 0 Å². The van der Waals surface area contributed by atoms with Gasteiger partial charge in [0.05, 0.1) is 6.04 Å². The van der Waals surface area contributed by atoms with Crippen LogP contribution in [0.4, 0.5) is 0 Å². The number of nitrogens with zero attached hydrogens (tertiary/aromatic N) is 1. The molecule has 0 saturated heterocycles. The highest BCUT2D eigenvalue weighted by Gasteiger charge is 2.23. The van der Waals surface area contributed by atoms with Gasteiger partial charge in [-0.3, -0.25) is 14.6 Å². The molecule has 0 bridgehead atoms. The van der Waals surface area contributed by atoms with Crippen LogP contribution < -0.4 is 10.6 Å². The van der Waals surface area contributed by atoms with Crippen molar-refractivity contribution in [1.82, 2.24) is 15.6 Å². The topological polar surface area (TPSA) is 71.1 Å². The summed E-state index contributed by atoms with van der Waals surface area (Å²) in [6.07, 6.45) is 3.20. The molecule has 22 heavy (non-hydrogen) atoms. The second-order valence-electron chi connectivity index (χ2n) is 5.06. The third kappa shape index (κ3) is 4.15. The van der Waals surface area contributed by atoms with Crippen LogP contribution in [0.5, 0.6) is 0 Å². The van der Waals surface area contributed by atoms with E-state index in [0.717, 1.165) is 5.56 Å². The number of aromatic nitrogens is 1. The van der Waals surface area contributed by atoms with E-state index in [4.69, 9.17) is 0 Å². The molecular formula is C17H19N3O2. The first-order valence-electron chi connectivity index (χ1n) is 7.10. The van der Waals surface area contributed by atoms with Crippen LogP contribution in [0.2, 0.25) is 0 Å². The zero-order valence-corrected chi connectivity index (χ0v) is 12.6. The number of carbonyl (C=O) groups excluding carboxylic acids is 2. The maximum atomic E-state index is 12.5. The van der Waals surface area contributed by atoms with Gasteiger partial charge in [0.15, 0.2) is 0 Å².